The first-order chi connectivity index (χ1) is 7.24. The van der Waals surface area contributed by atoms with Crippen LogP contribution in [0, 0.1) is 0 Å². The standard InChI is InChI=1S/C12H13IO2/c13-9-12(7-6-11(14)15-12)8-10-4-2-1-3-5-10/h1-5H,6-9H2/t12-/m1/s1. The molecule has 1 saturated heterocycles. The van der Waals surface area contributed by atoms with E-state index in [0.717, 1.165) is 17.3 Å². The minimum atomic E-state index is -0.251. The Morgan fingerprint density at radius 3 is 2.60 bits per heavy atom. The molecule has 0 aliphatic carbocycles. The van der Waals surface area contributed by atoms with E-state index in [0.29, 0.717) is 6.42 Å². The van der Waals surface area contributed by atoms with Crippen LogP contribution in [0.1, 0.15) is 18.4 Å². The van der Waals surface area contributed by atoms with Gasteiger partial charge in [0.15, 0.2) is 0 Å². The Hall–Kier alpha value is -0.580. The summed E-state index contributed by atoms with van der Waals surface area (Å²) in [4.78, 5) is 11.2. The van der Waals surface area contributed by atoms with Crippen LogP contribution in [0.25, 0.3) is 0 Å². The highest BCUT2D eigenvalue weighted by Gasteiger charge is 2.39. The maximum Gasteiger partial charge on any atom is 0.306 e. The monoisotopic (exact) mass is 316 g/mol. The summed E-state index contributed by atoms with van der Waals surface area (Å²) in [5.74, 6) is -0.0532. The maximum atomic E-state index is 11.2. The first-order valence-corrected chi connectivity index (χ1v) is 6.58. The number of esters is 1. The largest absolute Gasteiger partial charge is 0.458 e. The van der Waals surface area contributed by atoms with Gasteiger partial charge in [0.05, 0.1) is 0 Å². The van der Waals surface area contributed by atoms with E-state index in [1.54, 1.807) is 0 Å². The minimum Gasteiger partial charge on any atom is -0.458 e. The number of halogens is 1. The minimum absolute atomic E-state index is 0.0532. The Balaban J connectivity index is 2.12. The predicted octanol–water partition coefficient (Wildman–Crippen LogP) is 2.74. The second-order valence-electron chi connectivity index (χ2n) is 3.95. The molecule has 0 amide bonds. The molecule has 1 aliphatic heterocycles. The third kappa shape index (κ3) is 2.51. The van der Waals surface area contributed by atoms with E-state index in [9.17, 15) is 4.79 Å². The number of cyclic esters (lactones) is 1. The number of benzene rings is 1. The van der Waals surface area contributed by atoms with Crippen LogP contribution in [0.2, 0.25) is 0 Å². The summed E-state index contributed by atoms with van der Waals surface area (Å²) in [6.45, 7) is 0. The number of rotatable bonds is 3. The van der Waals surface area contributed by atoms with Gasteiger partial charge in [0, 0.05) is 17.3 Å². The lowest BCUT2D eigenvalue weighted by atomic mass is 9.94. The van der Waals surface area contributed by atoms with Gasteiger partial charge in [-0.1, -0.05) is 52.9 Å². The third-order valence-electron chi connectivity index (χ3n) is 2.73. The zero-order valence-corrected chi connectivity index (χ0v) is 10.6. The third-order valence-corrected chi connectivity index (χ3v) is 4.12. The van der Waals surface area contributed by atoms with Gasteiger partial charge in [0.25, 0.3) is 0 Å². The van der Waals surface area contributed by atoms with Gasteiger partial charge in [-0.15, -0.1) is 0 Å². The van der Waals surface area contributed by atoms with Crippen LogP contribution >= 0.6 is 22.6 Å². The molecule has 3 heteroatoms. The average Bonchev–Trinajstić information content (AvgIpc) is 2.62. The Morgan fingerprint density at radius 1 is 1.33 bits per heavy atom. The number of ether oxygens (including phenoxy) is 1. The Morgan fingerprint density at radius 2 is 2.07 bits per heavy atom. The molecular weight excluding hydrogens is 303 g/mol. The topological polar surface area (TPSA) is 26.3 Å². The number of hydrogen-bond donors (Lipinski definition) is 0. The van der Waals surface area contributed by atoms with Crippen molar-refractivity contribution in [2.24, 2.45) is 0 Å². The number of hydrogen-bond acceptors (Lipinski definition) is 2. The summed E-state index contributed by atoms with van der Waals surface area (Å²) in [5, 5.41) is 0. The van der Waals surface area contributed by atoms with Crippen molar-refractivity contribution in [3.63, 3.8) is 0 Å². The Bertz CT molecular complexity index is 350. The molecule has 0 N–H and O–H groups in total. The van der Waals surface area contributed by atoms with Crippen LogP contribution in [0.5, 0.6) is 0 Å². The molecule has 0 aromatic heterocycles. The van der Waals surface area contributed by atoms with Gasteiger partial charge in [0.2, 0.25) is 0 Å². The summed E-state index contributed by atoms with van der Waals surface area (Å²) in [6.07, 6.45) is 2.25. The second-order valence-corrected chi connectivity index (χ2v) is 4.72. The van der Waals surface area contributed by atoms with Gasteiger partial charge in [-0.2, -0.15) is 0 Å². The molecule has 80 valence electrons. The van der Waals surface area contributed by atoms with E-state index in [1.807, 2.05) is 18.2 Å². The smallest absolute Gasteiger partial charge is 0.306 e. The molecule has 1 aromatic carbocycles. The van der Waals surface area contributed by atoms with E-state index in [4.69, 9.17) is 4.74 Å². The highest BCUT2D eigenvalue weighted by Crippen LogP contribution is 2.32. The molecular formula is C12H13IO2. The zero-order chi connectivity index (χ0) is 10.7. The van der Waals surface area contributed by atoms with Crippen molar-refractivity contribution in [2.45, 2.75) is 24.9 Å². The van der Waals surface area contributed by atoms with Crippen LogP contribution in [0.3, 0.4) is 0 Å². The fourth-order valence-corrected chi connectivity index (χ4v) is 2.71. The molecule has 1 fully saturated rings. The number of carbonyl (C=O) groups excluding carboxylic acids is 1. The lowest BCUT2D eigenvalue weighted by Gasteiger charge is -2.25. The van der Waals surface area contributed by atoms with Crippen LogP contribution in [0.15, 0.2) is 30.3 Å². The average molecular weight is 316 g/mol. The van der Waals surface area contributed by atoms with Gasteiger partial charge in [-0.3, -0.25) is 4.79 Å². The zero-order valence-electron chi connectivity index (χ0n) is 8.41. The number of carbonyl (C=O) groups is 1. The van der Waals surface area contributed by atoms with Crippen molar-refractivity contribution in [1.29, 1.82) is 0 Å². The molecule has 1 aromatic rings. The van der Waals surface area contributed by atoms with Gasteiger partial charge >= 0.3 is 5.97 Å². The van der Waals surface area contributed by atoms with Gasteiger partial charge in [-0.05, 0) is 12.0 Å². The van der Waals surface area contributed by atoms with E-state index in [-0.39, 0.29) is 11.6 Å². The fraction of sp³-hybridized carbons (Fsp3) is 0.417. The summed E-state index contributed by atoms with van der Waals surface area (Å²) in [6, 6.07) is 10.2. The highest BCUT2D eigenvalue weighted by atomic mass is 127. The molecule has 1 atom stereocenters. The lowest BCUT2D eigenvalue weighted by Crippen LogP contribution is -2.33. The molecule has 0 saturated carbocycles. The fourth-order valence-electron chi connectivity index (χ4n) is 1.91. The Kier molecular flexibility index (Phi) is 3.29. The maximum absolute atomic E-state index is 11.2. The molecule has 1 heterocycles. The van der Waals surface area contributed by atoms with Gasteiger partial charge in [0.1, 0.15) is 5.60 Å². The molecule has 0 unspecified atom stereocenters. The SMILES string of the molecule is O=C1CC[C@](CI)(Cc2ccccc2)O1. The van der Waals surface area contributed by atoms with Crippen molar-refractivity contribution < 1.29 is 9.53 Å². The molecule has 15 heavy (non-hydrogen) atoms. The molecule has 0 spiro atoms. The molecule has 0 radical (unpaired) electrons. The van der Waals surface area contributed by atoms with E-state index < -0.39 is 0 Å². The van der Waals surface area contributed by atoms with Crippen molar-refractivity contribution >= 4 is 28.6 Å². The molecule has 1 aliphatic rings. The quantitative estimate of drug-likeness (QED) is 0.487. The number of alkyl halides is 1. The van der Waals surface area contributed by atoms with E-state index in [2.05, 4.69) is 34.7 Å². The Labute approximate surface area is 103 Å². The first-order valence-electron chi connectivity index (χ1n) is 5.06. The summed E-state index contributed by atoms with van der Waals surface area (Å²) in [7, 11) is 0. The molecule has 0 bridgehead atoms. The van der Waals surface area contributed by atoms with Gasteiger partial charge in [-0.25, -0.2) is 0 Å². The first kappa shape index (κ1) is 10.9. The van der Waals surface area contributed by atoms with Crippen molar-refractivity contribution in [2.75, 3.05) is 4.43 Å². The van der Waals surface area contributed by atoms with Crippen molar-refractivity contribution in [1.82, 2.24) is 0 Å². The summed E-state index contributed by atoms with van der Waals surface area (Å²) >= 11 is 2.30. The van der Waals surface area contributed by atoms with Crippen LogP contribution in [-0.2, 0) is 16.0 Å². The van der Waals surface area contributed by atoms with Crippen molar-refractivity contribution in [3.05, 3.63) is 35.9 Å². The van der Waals surface area contributed by atoms with Crippen LogP contribution in [0.4, 0.5) is 0 Å². The normalized spacial score (nSPS) is 25.3. The summed E-state index contributed by atoms with van der Waals surface area (Å²) < 4.78 is 6.32. The van der Waals surface area contributed by atoms with Gasteiger partial charge < -0.3 is 4.74 Å². The van der Waals surface area contributed by atoms with Crippen molar-refractivity contribution in [3.8, 4) is 0 Å². The van der Waals surface area contributed by atoms with E-state index in [1.165, 1.54) is 5.56 Å². The van der Waals surface area contributed by atoms with Crippen LogP contribution in [-0.4, -0.2) is 16.0 Å². The van der Waals surface area contributed by atoms with E-state index >= 15 is 0 Å². The second kappa shape index (κ2) is 4.51. The highest BCUT2D eigenvalue weighted by molar-refractivity contribution is 14.1. The molecule has 2 nitrogen and oxygen atoms in total. The predicted molar refractivity (Wildman–Crippen MR) is 67.1 cm³/mol. The molecule has 2 rings (SSSR count). The van der Waals surface area contributed by atoms with Crippen LogP contribution < -0.4 is 0 Å². The summed E-state index contributed by atoms with van der Waals surface area (Å²) in [5.41, 5.74) is 0.989. The lowest BCUT2D eigenvalue weighted by molar-refractivity contribution is -0.146.